The number of rotatable bonds is 5. The van der Waals surface area contributed by atoms with E-state index in [9.17, 15) is 0 Å². The largest absolute Gasteiger partial charge is 0.492 e. The second kappa shape index (κ2) is 5.47. The Morgan fingerprint density at radius 3 is 2.90 bits per heavy atom. The highest BCUT2D eigenvalue weighted by atomic mass is 16.5. The minimum absolute atomic E-state index is 0.515. The third-order valence-electron chi connectivity index (χ3n) is 3.45. The Kier molecular flexibility index (Phi) is 3.51. The Balaban J connectivity index is 1.91. The highest BCUT2D eigenvalue weighted by Gasteiger charge is 2.12. The normalized spacial score (nSPS) is 11.1. The Labute approximate surface area is 123 Å². The number of aromatic nitrogens is 4. The predicted octanol–water partition coefficient (Wildman–Crippen LogP) is 1.99. The molecular weight excluding hydrogens is 266 g/mol. The van der Waals surface area contributed by atoms with Crippen molar-refractivity contribution in [2.75, 3.05) is 12.3 Å². The van der Waals surface area contributed by atoms with Crippen molar-refractivity contribution in [2.45, 2.75) is 19.9 Å². The van der Waals surface area contributed by atoms with Gasteiger partial charge in [0.05, 0.1) is 18.3 Å². The van der Waals surface area contributed by atoms with E-state index in [1.165, 1.54) is 5.56 Å². The van der Waals surface area contributed by atoms with E-state index >= 15 is 0 Å². The summed E-state index contributed by atoms with van der Waals surface area (Å²) in [6, 6.07) is 5.91. The SMILES string of the molecule is CCOc1cccc2c1nc(N)n2CCc1cnn(C)c1. The number of nitrogens with two attached hydrogens (primary N) is 1. The second-order valence-electron chi connectivity index (χ2n) is 4.95. The predicted molar refractivity (Wildman–Crippen MR) is 82.2 cm³/mol. The van der Waals surface area contributed by atoms with Crippen LogP contribution in [0.1, 0.15) is 12.5 Å². The van der Waals surface area contributed by atoms with Gasteiger partial charge in [-0.25, -0.2) is 4.98 Å². The standard InChI is InChI=1S/C15H19N5O/c1-3-21-13-6-4-5-12-14(13)18-15(16)20(12)8-7-11-9-17-19(2)10-11/h4-6,9-10H,3,7-8H2,1-2H3,(H2,16,18). The van der Waals surface area contributed by atoms with E-state index in [-0.39, 0.29) is 0 Å². The summed E-state index contributed by atoms with van der Waals surface area (Å²) in [5.41, 5.74) is 9.07. The first kappa shape index (κ1) is 13.5. The molecule has 0 aliphatic carbocycles. The quantitative estimate of drug-likeness (QED) is 0.778. The monoisotopic (exact) mass is 285 g/mol. The molecule has 6 heteroatoms. The van der Waals surface area contributed by atoms with Gasteiger partial charge >= 0.3 is 0 Å². The van der Waals surface area contributed by atoms with Crippen molar-refractivity contribution < 1.29 is 4.74 Å². The van der Waals surface area contributed by atoms with Crippen molar-refractivity contribution in [3.8, 4) is 5.75 Å². The molecule has 2 heterocycles. The van der Waals surface area contributed by atoms with Crippen molar-refractivity contribution in [3.63, 3.8) is 0 Å². The van der Waals surface area contributed by atoms with Gasteiger partial charge in [0.1, 0.15) is 11.3 Å². The van der Waals surface area contributed by atoms with Gasteiger partial charge < -0.3 is 15.0 Å². The number of fused-ring (bicyclic) bond motifs is 1. The number of hydrogen-bond donors (Lipinski definition) is 1. The number of nitrogens with zero attached hydrogens (tertiary/aromatic N) is 4. The maximum atomic E-state index is 6.06. The summed E-state index contributed by atoms with van der Waals surface area (Å²) >= 11 is 0. The van der Waals surface area contributed by atoms with Crippen LogP contribution in [0.2, 0.25) is 0 Å². The van der Waals surface area contributed by atoms with Crippen molar-refractivity contribution >= 4 is 17.0 Å². The molecule has 0 aliphatic heterocycles. The van der Waals surface area contributed by atoms with E-state index in [2.05, 4.69) is 10.1 Å². The van der Waals surface area contributed by atoms with Crippen molar-refractivity contribution in [1.29, 1.82) is 0 Å². The van der Waals surface area contributed by atoms with Crippen molar-refractivity contribution in [3.05, 3.63) is 36.2 Å². The first-order valence-electron chi connectivity index (χ1n) is 7.04. The van der Waals surface area contributed by atoms with Crippen LogP contribution in [-0.2, 0) is 20.0 Å². The first-order valence-corrected chi connectivity index (χ1v) is 7.04. The van der Waals surface area contributed by atoms with Gasteiger partial charge in [0.25, 0.3) is 0 Å². The summed E-state index contributed by atoms with van der Waals surface area (Å²) in [5.74, 6) is 1.29. The van der Waals surface area contributed by atoms with E-state index in [0.717, 1.165) is 29.7 Å². The molecule has 0 amide bonds. The lowest BCUT2D eigenvalue weighted by Crippen LogP contribution is -2.05. The highest BCUT2D eigenvalue weighted by molar-refractivity contribution is 5.84. The molecule has 0 aliphatic rings. The summed E-state index contributed by atoms with van der Waals surface area (Å²) < 4.78 is 9.43. The smallest absolute Gasteiger partial charge is 0.201 e. The molecule has 0 saturated carbocycles. The third kappa shape index (κ3) is 2.56. The fourth-order valence-electron chi connectivity index (χ4n) is 2.49. The van der Waals surface area contributed by atoms with Crippen LogP contribution in [0.25, 0.3) is 11.0 Å². The molecule has 1 aromatic carbocycles. The minimum Gasteiger partial charge on any atom is -0.492 e. The average Bonchev–Trinajstić information content (AvgIpc) is 3.01. The van der Waals surface area contributed by atoms with E-state index in [1.54, 1.807) is 4.68 Å². The summed E-state index contributed by atoms with van der Waals surface area (Å²) in [6.07, 6.45) is 4.75. The second-order valence-corrected chi connectivity index (χ2v) is 4.95. The molecule has 3 rings (SSSR count). The van der Waals surface area contributed by atoms with E-state index in [0.29, 0.717) is 12.6 Å². The van der Waals surface area contributed by atoms with Gasteiger partial charge in [-0.1, -0.05) is 6.07 Å². The summed E-state index contributed by atoms with van der Waals surface area (Å²) in [5, 5.41) is 4.18. The van der Waals surface area contributed by atoms with E-state index in [1.807, 2.05) is 49.1 Å². The summed E-state index contributed by atoms with van der Waals surface area (Å²) in [4.78, 5) is 4.44. The average molecular weight is 285 g/mol. The van der Waals surface area contributed by atoms with E-state index < -0.39 is 0 Å². The number of nitrogen functional groups attached to an aromatic ring is 1. The molecule has 0 fully saturated rings. The molecule has 3 aromatic rings. The van der Waals surface area contributed by atoms with Gasteiger partial charge in [-0.2, -0.15) is 5.10 Å². The van der Waals surface area contributed by atoms with Crippen LogP contribution < -0.4 is 10.5 Å². The highest BCUT2D eigenvalue weighted by Crippen LogP contribution is 2.27. The molecule has 0 bridgehead atoms. The van der Waals surface area contributed by atoms with Gasteiger partial charge in [0, 0.05) is 19.8 Å². The zero-order valence-electron chi connectivity index (χ0n) is 12.3. The topological polar surface area (TPSA) is 70.9 Å². The van der Waals surface area contributed by atoms with Crippen molar-refractivity contribution in [1.82, 2.24) is 19.3 Å². The summed E-state index contributed by atoms with van der Waals surface area (Å²) in [6.45, 7) is 3.34. The lowest BCUT2D eigenvalue weighted by molar-refractivity contribution is 0.343. The number of hydrogen-bond acceptors (Lipinski definition) is 4. The number of aryl methyl sites for hydroxylation is 3. The van der Waals surface area contributed by atoms with Crippen LogP contribution >= 0.6 is 0 Å². The Morgan fingerprint density at radius 1 is 1.33 bits per heavy atom. The molecule has 0 atom stereocenters. The molecule has 0 unspecified atom stereocenters. The number of para-hydroxylation sites is 1. The van der Waals surface area contributed by atoms with Gasteiger partial charge in [0.15, 0.2) is 0 Å². The molecular formula is C15H19N5O. The van der Waals surface area contributed by atoms with Crippen LogP contribution in [0.15, 0.2) is 30.6 Å². The van der Waals surface area contributed by atoms with Gasteiger partial charge in [0.2, 0.25) is 5.95 Å². The molecule has 2 aromatic heterocycles. The first-order chi connectivity index (χ1) is 10.2. The number of imidazole rings is 1. The molecule has 21 heavy (non-hydrogen) atoms. The van der Waals surface area contributed by atoms with Gasteiger partial charge in [-0.15, -0.1) is 0 Å². The van der Waals surface area contributed by atoms with Gasteiger partial charge in [-0.3, -0.25) is 4.68 Å². The molecule has 0 radical (unpaired) electrons. The van der Waals surface area contributed by atoms with Crippen molar-refractivity contribution in [2.24, 2.45) is 7.05 Å². The fraction of sp³-hybridized carbons (Fsp3) is 0.333. The molecule has 110 valence electrons. The maximum Gasteiger partial charge on any atom is 0.201 e. The zero-order valence-corrected chi connectivity index (χ0v) is 12.3. The van der Waals surface area contributed by atoms with Gasteiger partial charge in [-0.05, 0) is 31.0 Å². The number of ether oxygens (including phenoxy) is 1. The van der Waals surface area contributed by atoms with Crippen LogP contribution in [-0.4, -0.2) is 25.9 Å². The lowest BCUT2D eigenvalue weighted by Gasteiger charge is -2.06. The Bertz CT molecular complexity index is 759. The van der Waals surface area contributed by atoms with Crippen LogP contribution in [0, 0.1) is 0 Å². The Hall–Kier alpha value is -2.50. The molecule has 0 saturated heterocycles. The lowest BCUT2D eigenvalue weighted by atomic mass is 10.2. The van der Waals surface area contributed by atoms with E-state index in [4.69, 9.17) is 10.5 Å². The molecule has 2 N–H and O–H groups in total. The molecule has 6 nitrogen and oxygen atoms in total. The minimum atomic E-state index is 0.515. The Morgan fingerprint density at radius 2 is 2.19 bits per heavy atom. The van der Waals surface area contributed by atoms with Crippen LogP contribution in [0.5, 0.6) is 5.75 Å². The third-order valence-corrected chi connectivity index (χ3v) is 3.45. The fourth-order valence-corrected chi connectivity index (χ4v) is 2.49. The number of anilines is 1. The van der Waals surface area contributed by atoms with Crippen LogP contribution in [0.3, 0.4) is 0 Å². The molecule has 0 spiro atoms. The number of benzene rings is 1. The van der Waals surface area contributed by atoms with Crippen LogP contribution in [0.4, 0.5) is 5.95 Å². The zero-order chi connectivity index (χ0) is 14.8. The maximum absolute atomic E-state index is 6.06. The summed E-state index contributed by atoms with van der Waals surface area (Å²) in [7, 11) is 1.92.